The molecule has 26 heavy (non-hydrogen) atoms. The minimum Gasteiger partial charge on any atom is -0.497 e. The van der Waals surface area contributed by atoms with E-state index in [4.69, 9.17) is 9.47 Å². The van der Waals surface area contributed by atoms with E-state index >= 15 is 0 Å². The average Bonchev–Trinajstić information content (AvgIpc) is 3.12. The van der Waals surface area contributed by atoms with E-state index in [1.807, 2.05) is 29.2 Å². The molecule has 6 heteroatoms. The van der Waals surface area contributed by atoms with Gasteiger partial charge < -0.3 is 19.7 Å². The number of benzene rings is 1. The van der Waals surface area contributed by atoms with Gasteiger partial charge in [0.05, 0.1) is 20.2 Å². The van der Waals surface area contributed by atoms with Gasteiger partial charge in [-0.2, -0.15) is 0 Å². The van der Waals surface area contributed by atoms with Crippen LogP contribution in [0.5, 0.6) is 11.5 Å². The molecule has 0 bridgehead atoms. The smallest absolute Gasteiger partial charge is 0.317 e. The van der Waals surface area contributed by atoms with Crippen LogP contribution in [0.1, 0.15) is 26.7 Å². The van der Waals surface area contributed by atoms with Gasteiger partial charge in [-0.3, -0.25) is 4.90 Å². The lowest BCUT2D eigenvalue weighted by Crippen LogP contribution is -2.60. The fourth-order valence-electron chi connectivity index (χ4n) is 3.71. The molecule has 2 aliphatic rings. The van der Waals surface area contributed by atoms with Gasteiger partial charge in [0.1, 0.15) is 17.6 Å². The van der Waals surface area contributed by atoms with Crippen LogP contribution in [0.25, 0.3) is 0 Å². The number of ether oxygens (including phenoxy) is 2. The second-order valence-electron chi connectivity index (χ2n) is 7.56. The molecule has 3 rings (SSSR count). The maximum absolute atomic E-state index is 12.4. The Kier molecular flexibility index (Phi) is 6.25. The van der Waals surface area contributed by atoms with Crippen LogP contribution in [0.3, 0.4) is 0 Å². The van der Waals surface area contributed by atoms with Gasteiger partial charge in [-0.15, -0.1) is 0 Å². The summed E-state index contributed by atoms with van der Waals surface area (Å²) in [6.45, 7) is 8.73. The van der Waals surface area contributed by atoms with Crippen molar-refractivity contribution in [1.82, 2.24) is 15.1 Å². The van der Waals surface area contributed by atoms with E-state index in [1.54, 1.807) is 7.11 Å². The van der Waals surface area contributed by atoms with E-state index in [0.717, 1.165) is 24.6 Å². The maximum Gasteiger partial charge on any atom is 0.317 e. The van der Waals surface area contributed by atoms with E-state index in [-0.39, 0.29) is 12.1 Å². The van der Waals surface area contributed by atoms with Crippen molar-refractivity contribution >= 4 is 6.03 Å². The first kappa shape index (κ1) is 18.8. The summed E-state index contributed by atoms with van der Waals surface area (Å²) in [5.74, 6) is 2.09. The Bertz CT molecular complexity index is 596. The number of amides is 2. The Hall–Kier alpha value is -1.95. The van der Waals surface area contributed by atoms with Crippen molar-refractivity contribution < 1.29 is 14.3 Å². The Morgan fingerprint density at radius 1 is 1.23 bits per heavy atom. The number of rotatable bonds is 7. The van der Waals surface area contributed by atoms with Gasteiger partial charge in [0.2, 0.25) is 0 Å². The second-order valence-corrected chi connectivity index (χ2v) is 7.56. The standard InChI is InChI=1S/C20H31N3O3/c1-15(2)19(22-9-4-5-10-22)12-21-20(24)23-13-18(14-23)26-17-8-6-7-16(11-17)25-3/h6-8,11,15,18-19H,4-5,9-10,12-14H2,1-3H3,(H,21,24)/t19-/m0/s1. The van der Waals surface area contributed by atoms with Crippen molar-refractivity contribution in [2.24, 2.45) is 5.92 Å². The molecule has 0 radical (unpaired) electrons. The van der Waals surface area contributed by atoms with Gasteiger partial charge in [0.25, 0.3) is 0 Å². The molecule has 1 aromatic carbocycles. The van der Waals surface area contributed by atoms with E-state index in [9.17, 15) is 4.79 Å². The first-order valence-electron chi connectivity index (χ1n) is 9.64. The molecule has 0 saturated carbocycles. The number of nitrogens with zero attached hydrogens (tertiary/aromatic N) is 2. The maximum atomic E-state index is 12.4. The fraction of sp³-hybridized carbons (Fsp3) is 0.650. The normalized spacial score (nSPS) is 19.3. The molecule has 1 N–H and O–H groups in total. The molecule has 0 unspecified atom stereocenters. The summed E-state index contributed by atoms with van der Waals surface area (Å²) in [4.78, 5) is 16.7. The van der Waals surface area contributed by atoms with Gasteiger partial charge in [0, 0.05) is 18.7 Å². The fourth-order valence-corrected chi connectivity index (χ4v) is 3.71. The van der Waals surface area contributed by atoms with E-state index < -0.39 is 0 Å². The van der Waals surface area contributed by atoms with Crippen LogP contribution in [-0.2, 0) is 0 Å². The predicted octanol–water partition coefficient (Wildman–Crippen LogP) is 2.59. The van der Waals surface area contributed by atoms with E-state index in [1.165, 1.54) is 12.8 Å². The monoisotopic (exact) mass is 361 g/mol. The molecule has 144 valence electrons. The third-order valence-electron chi connectivity index (χ3n) is 5.32. The number of carbonyl (C=O) groups is 1. The summed E-state index contributed by atoms with van der Waals surface area (Å²) in [7, 11) is 1.64. The summed E-state index contributed by atoms with van der Waals surface area (Å²) in [5, 5.41) is 3.12. The Morgan fingerprint density at radius 2 is 1.92 bits per heavy atom. The molecule has 2 saturated heterocycles. The number of carbonyl (C=O) groups excluding carboxylic acids is 1. The van der Waals surface area contributed by atoms with Crippen LogP contribution >= 0.6 is 0 Å². The SMILES string of the molecule is COc1cccc(OC2CN(C(=O)NC[C@@H](C(C)C)N3CCCC3)C2)c1. The van der Waals surface area contributed by atoms with Crippen LogP contribution in [0.2, 0.25) is 0 Å². The average molecular weight is 361 g/mol. The number of hydrogen-bond acceptors (Lipinski definition) is 4. The molecule has 1 aromatic rings. The minimum absolute atomic E-state index is 0.0142. The van der Waals surface area contributed by atoms with Crippen molar-refractivity contribution in [3.8, 4) is 11.5 Å². The lowest BCUT2D eigenvalue weighted by atomic mass is 10.0. The number of hydrogen-bond donors (Lipinski definition) is 1. The van der Waals surface area contributed by atoms with Crippen LogP contribution < -0.4 is 14.8 Å². The topological polar surface area (TPSA) is 54.0 Å². The highest BCUT2D eigenvalue weighted by molar-refractivity contribution is 5.75. The summed E-state index contributed by atoms with van der Waals surface area (Å²) in [6, 6.07) is 8.01. The summed E-state index contributed by atoms with van der Waals surface area (Å²) < 4.78 is 11.1. The molecule has 0 aliphatic carbocycles. The van der Waals surface area contributed by atoms with Crippen molar-refractivity contribution in [3.63, 3.8) is 0 Å². The van der Waals surface area contributed by atoms with Gasteiger partial charge in [-0.25, -0.2) is 4.79 Å². The summed E-state index contributed by atoms with van der Waals surface area (Å²) >= 11 is 0. The van der Waals surface area contributed by atoms with Crippen molar-refractivity contribution in [2.45, 2.75) is 38.8 Å². The Morgan fingerprint density at radius 3 is 2.58 bits per heavy atom. The van der Waals surface area contributed by atoms with Crippen molar-refractivity contribution in [3.05, 3.63) is 24.3 Å². The number of methoxy groups -OCH3 is 1. The molecule has 2 heterocycles. The minimum atomic E-state index is 0.0142. The molecule has 0 spiro atoms. The zero-order valence-electron chi connectivity index (χ0n) is 16.1. The van der Waals surface area contributed by atoms with Crippen LogP contribution in [0.4, 0.5) is 4.79 Å². The number of urea groups is 1. The third kappa shape index (κ3) is 4.61. The van der Waals surface area contributed by atoms with Gasteiger partial charge in [-0.05, 0) is 44.0 Å². The number of likely N-dealkylation sites (tertiary alicyclic amines) is 2. The predicted molar refractivity (Wildman–Crippen MR) is 102 cm³/mol. The zero-order valence-corrected chi connectivity index (χ0v) is 16.1. The lowest BCUT2D eigenvalue weighted by molar-refractivity contribution is 0.0433. The Labute approximate surface area is 156 Å². The molecular weight excluding hydrogens is 330 g/mol. The number of nitrogens with one attached hydrogen (secondary N) is 1. The molecule has 2 fully saturated rings. The van der Waals surface area contributed by atoms with Crippen molar-refractivity contribution in [2.75, 3.05) is 39.8 Å². The molecule has 0 aromatic heterocycles. The van der Waals surface area contributed by atoms with Crippen LogP contribution in [0, 0.1) is 5.92 Å². The lowest BCUT2D eigenvalue weighted by Gasteiger charge is -2.39. The second kappa shape index (κ2) is 8.62. The van der Waals surface area contributed by atoms with E-state index in [2.05, 4.69) is 24.1 Å². The van der Waals surface area contributed by atoms with Gasteiger partial charge in [0.15, 0.2) is 0 Å². The molecule has 6 nitrogen and oxygen atoms in total. The third-order valence-corrected chi connectivity index (χ3v) is 5.32. The molecular formula is C20H31N3O3. The molecule has 2 aliphatic heterocycles. The van der Waals surface area contributed by atoms with E-state index in [0.29, 0.717) is 31.6 Å². The molecule has 2 amide bonds. The highest BCUT2D eigenvalue weighted by atomic mass is 16.5. The zero-order chi connectivity index (χ0) is 18.5. The van der Waals surface area contributed by atoms with Gasteiger partial charge in [-0.1, -0.05) is 19.9 Å². The highest BCUT2D eigenvalue weighted by Gasteiger charge is 2.33. The first-order valence-corrected chi connectivity index (χ1v) is 9.64. The first-order chi connectivity index (χ1) is 12.6. The highest BCUT2D eigenvalue weighted by Crippen LogP contribution is 2.23. The molecule has 1 atom stereocenters. The summed E-state index contributed by atoms with van der Waals surface area (Å²) in [6.07, 6.45) is 2.59. The summed E-state index contributed by atoms with van der Waals surface area (Å²) in [5.41, 5.74) is 0. The van der Waals surface area contributed by atoms with Crippen molar-refractivity contribution in [1.29, 1.82) is 0 Å². The van der Waals surface area contributed by atoms with Gasteiger partial charge >= 0.3 is 6.03 Å². The quantitative estimate of drug-likeness (QED) is 0.811. The van der Waals surface area contributed by atoms with Crippen LogP contribution in [0.15, 0.2) is 24.3 Å². The van der Waals surface area contributed by atoms with Crippen LogP contribution in [-0.4, -0.2) is 67.8 Å². The Balaban J connectivity index is 1.41. The largest absolute Gasteiger partial charge is 0.497 e.